The summed E-state index contributed by atoms with van der Waals surface area (Å²) >= 11 is 0. The van der Waals surface area contributed by atoms with Gasteiger partial charge in [-0.2, -0.15) is 0 Å². The lowest BCUT2D eigenvalue weighted by Gasteiger charge is -2.24. The molecule has 3 N–H and O–H groups in total. The normalized spacial score (nSPS) is 17.6. The first kappa shape index (κ1) is 26.3. The van der Waals surface area contributed by atoms with Crippen LogP contribution in [-0.4, -0.2) is 34.8 Å². The summed E-state index contributed by atoms with van der Waals surface area (Å²) in [5, 5.41) is 14.3. The van der Waals surface area contributed by atoms with E-state index in [2.05, 4.69) is 31.4 Å². The Morgan fingerprint density at radius 2 is 1.86 bits per heavy atom. The fourth-order valence-corrected chi connectivity index (χ4v) is 4.44. The lowest BCUT2D eigenvalue weighted by Crippen LogP contribution is -2.44. The summed E-state index contributed by atoms with van der Waals surface area (Å²) < 4.78 is 5.71. The van der Waals surface area contributed by atoms with Gasteiger partial charge in [0.25, 0.3) is 11.8 Å². The predicted octanol–water partition coefficient (Wildman–Crippen LogP) is 4.86. The van der Waals surface area contributed by atoms with Crippen molar-refractivity contribution < 1.29 is 14.3 Å². The molecule has 0 aliphatic carbocycles. The van der Waals surface area contributed by atoms with Crippen LogP contribution in [0.3, 0.4) is 0 Å². The lowest BCUT2D eigenvalue weighted by molar-refractivity contribution is -0.131. The second-order valence-corrected chi connectivity index (χ2v) is 9.88. The summed E-state index contributed by atoms with van der Waals surface area (Å²) in [5.74, 6) is 1.01. The van der Waals surface area contributed by atoms with Crippen molar-refractivity contribution in [3.63, 3.8) is 0 Å². The van der Waals surface area contributed by atoms with Crippen molar-refractivity contribution in [2.24, 2.45) is 5.92 Å². The van der Waals surface area contributed by atoms with E-state index in [1.165, 1.54) is 4.90 Å². The van der Waals surface area contributed by atoms with E-state index in [-0.39, 0.29) is 17.8 Å². The molecule has 7 nitrogen and oxygen atoms in total. The largest absolute Gasteiger partial charge is 0.494 e. The van der Waals surface area contributed by atoms with Crippen molar-refractivity contribution in [3.05, 3.63) is 65.2 Å². The number of nitrogens with one attached hydrogen (secondary N) is 3. The molecule has 3 rings (SSSR count). The number of benzene rings is 2. The molecule has 2 aromatic rings. The van der Waals surface area contributed by atoms with Crippen LogP contribution in [0.4, 0.5) is 0 Å². The highest BCUT2D eigenvalue weighted by atomic mass is 16.5. The zero-order chi connectivity index (χ0) is 25.4. The van der Waals surface area contributed by atoms with E-state index >= 15 is 0 Å². The van der Waals surface area contributed by atoms with Crippen LogP contribution in [0.5, 0.6) is 5.75 Å². The molecular formula is C28H38N4O3. The van der Waals surface area contributed by atoms with Crippen LogP contribution in [-0.2, 0) is 17.9 Å². The Labute approximate surface area is 208 Å². The molecule has 188 valence electrons. The zero-order valence-electron chi connectivity index (χ0n) is 21.3. The number of carbonyl (C=O) groups is 2. The van der Waals surface area contributed by atoms with Crippen molar-refractivity contribution >= 4 is 17.8 Å². The number of guanidine groups is 1. The standard InChI is InChI=1S/C28H38N4O3/c1-5-6-7-15-35-24-13-11-23(12-14-24)25(33)30-18-21-9-8-10-22(16-21)19-32-26(34)28(4,17-20(2)3)31-27(32)29/h8-14,16,20H,5-7,15,17-19H2,1-4H3,(H2,29,31)(H,30,33). The Bertz CT molecular complexity index is 1030. The summed E-state index contributed by atoms with van der Waals surface area (Å²) in [4.78, 5) is 27.1. The zero-order valence-corrected chi connectivity index (χ0v) is 21.3. The third-order valence-corrected chi connectivity index (χ3v) is 6.12. The molecule has 0 radical (unpaired) electrons. The second kappa shape index (κ2) is 11.9. The molecule has 2 aromatic carbocycles. The minimum Gasteiger partial charge on any atom is -0.494 e. The van der Waals surface area contributed by atoms with E-state index in [4.69, 9.17) is 10.1 Å². The smallest absolute Gasteiger partial charge is 0.255 e. The van der Waals surface area contributed by atoms with E-state index < -0.39 is 5.54 Å². The summed E-state index contributed by atoms with van der Waals surface area (Å²) in [7, 11) is 0. The van der Waals surface area contributed by atoms with Crippen LogP contribution in [0.1, 0.15) is 74.9 Å². The Morgan fingerprint density at radius 1 is 1.14 bits per heavy atom. The fraction of sp³-hybridized carbons (Fsp3) is 0.464. The number of ether oxygens (including phenoxy) is 1. The van der Waals surface area contributed by atoms with Crippen LogP contribution in [0.2, 0.25) is 0 Å². The van der Waals surface area contributed by atoms with Crippen molar-refractivity contribution in [3.8, 4) is 5.75 Å². The van der Waals surface area contributed by atoms with Gasteiger partial charge >= 0.3 is 0 Å². The van der Waals surface area contributed by atoms with E-state index in [1.54, 1.807) is 12.1 Å². The number of carbonyl (C=O) groups excluding carboxylic acids is 2. The second-order valence-electron chi connectivity index (χ2n) is 9.88. The number of hydrogen-bond acceptors (Lipinski definition) is 4. The first-order valence-corrected chi connectivity index (χ1v) is 12.5. The number of nitrogens with zero attached hydrogens (tertiary/aromatic N) is 1. The first-order chi connectivity index (χ1) is 16.7. The van der Waals surface area contributed by atoms with Gasteiger partial charge in [-0.3, -0.25) is 19.9 Å². The molecule has 1 atom stereocenters. The van der Waals surface area contributed by atoms with Gasteiger partial charge in [0.15, 0.2) is 5.96 Å². The third-order valence-electron chi connectivity index (χ3n) is 6.12. The molecule has 1 aliphatic heterocycles. The summed E-state index contributed by atoms with van der Waals surface area (Å²) in [6.07, 6.45) is 3.99. The molecular weight excluding hydrogens is 440 g/mol. The summed E-state index contributed by atoms with van der Waals surface area (Å²) in [5.41, 5.74) is 1.68. The van der Waals surface area contributed by atoms with Crippen LogP contribution < -0.4 is 15.4 Å². The van der Waals surface area contributed by atoms with Gasteiger partial charge in [0, 0.05) is 12.1 Å². The van der Waals surface area contributed by atoms with Gasteiger partial charge in [-0.1, -0.05) is 57.9 Å². The highest BCUT2D eigenvalue weighted by Crippen LogP contribution is 2.26. The maximum atomic E-state index is 13.0. The SMILES string of the molecule is CCCCCOc1ccc(C(=O)NCc2cccc(CN3C(=N)NC(C)(CC(C)C)C3=O)c2)cc1. The highest BCUT2D eigenvalue weighted by molar-refractivity contribution is 6.07. The topological polar surface area (TPSA) is 94.5 Å². The van der Waals surface area contributed by atoms with Gasteiger partial charge in [-0.15, -0.1) is 0 Å². The van der Waals surface area contributed by atoms with Crippen LogP contribution in [0.15, 0.2) is 48.5 Å². The van der Waals surface area contributed by atoms with Crippen molar-refractivity contribution in [1.82, 2.24) is 15.5 Å². The predicted molar refractivity (Wildman–Crippen MR) is 138 cm³/mol. The number of amides is 2. The third kappa shape index (κ3) is 7.07. The molecule has 1 aliphatic rings. The van der Waals surface area contributed by atoms with Crippen LogP contribution in [0, 0.1) is 11.3 Å². The molecule has 1 heterocycles. The number of rotatable bonds is 12. The lowest BCUT2D eigenvalue weighted by atomic mass is 9.91. The summed E-state index contributed by atoms with van der Waals surface area (Å²) in [6.45, 7) is 9.54. The Morgan fingerprint density at radius 3 is 2.54 bits per heavy atom. The molecule has 0 saturated carbocycles. The van der Waals surface area contributed by atoms with Gasteiger partial charge in [-0.25, -0.2) is 0 Å². The van der Waals surface area contributed by atoms with E-state index in [0.717, 1.165) is 36.1 Å². The quantitative estimate of drug-likeness (QED) is 0.380. The van der Waals surface area contributed by atoms with Gasteiger partial charge in [-0.05, 0) is 61.1 Å². The monoisotopic (exact) mass is 478 g/mol. The molecule has 1 saturated heterocycles. The average molecular weight is 479 g/mol. The Kier molecular flexibility index (Phi) is 8.90. The molecule has 2 amide bonds. The van der Waals surface area contributed by atoms with E-state index in [9.17, 15) is 9.59 Å². The fourth-order valence-electron chi connectivity index (χ4n) is 4.44. The van der Waals surface area contributed by atoms with Gasteiger partial charge in [0.2, 0.25) is 0 Å². The maximum Gasteiger partial charge on any atom is 0.255 e. The minimum atomic E-state index is -0.743. The maximum absolute atomic E-state index is 13.0. The number of unbranched alkanes of at least 4 members (excludes halogenated alkanes) is 2. The average Bonchev–Trinajstić information content (AvgIpc) is 3.03. The molecule has 0 bridgehead atoms. The van der Waals surface area contributed by atoms with E-state index in [1.807, 2.05) is 43.3 Å². The molecule has 1 fully saturated rings. The van der Waals surface area contributed by atoms with Crippen molar-refractivity contribution in [2.45, 2.75) is 72.0 Å². The molecule has 0 spiro atoms. The first-order valence-electron chi connectivity index (χ1n) is 12.5. The highest BCUT2D eigenvalue weighted by Gasteiger charge is 2.45. The van der Waals surface area contributed by atoms with Crippen molar-refractivity contribution in [2.75, 3.05) is 6.61 Å². The van der Waals surface area contributed by atoms with Gasteiger partial charge in [0.1, 0.15) is 11.3 Å². The van der Waals surface area contributed by atoms with Crippen LogP contribution in [0.25, 0.3) is 0 Å². The minimum absolute atomic E-state index is 0.0762. The molecule has 1 unspecified atom stereocenters. The molecule has 7 heteroatoms. The Balaban J connectivity index is 1.55. The summed E-state index contributed by atoms with van der Waals surface area (Å²) in [6, 6.07) is 14.9. The Hall–Kier alpha value is -3.35. The van der Waals surface area contributed by atoms with Gasteiger partial charge < -0.3 is 15.4 Å². The van der Waals surface area contributed by atoms with Crippen molar-refractivity contribution in [1.29, 1.82) is 5.41 Å². The van der Waals surface area contributed by atoms with E-state index in [0.29, 0.717) is 37.6 Å². The molecule has 35 heavy (non-hydrogen) atoms. The molecule has 0 aromatic heterocycles. The van der Waals surface area contributed by atoms with Crippen LogP contribution >= 0.6 is 0 Å². The van der Waals surface area contributed by atoms with Gasteiger partial charge in [0.05, 0.1) is 13.2 Å². The number of hydrogen-bond donors (Lipinski definition) is 3.